The summed E-state index contributed by atoms with van der Waals surface area (Å²) in [6.07, 6.45) is 0.478. The number of benzene rings is 1. The highest BCUT2D eigenvalue weighted by molar-refractivity contribution is 7.89. The van der Waals surface area contributed by atoms with Crippen LogP contribution >= 0.6 is 0 Å². The van der Waals surface area contributed by atoms with Gasteiger partial charge in [0.05, 0.1) is 23.0 Å². The van der Waals surface area contributed by atoms with Gasteiger partial charge in [-0.3, -0.25) is 14.9 Å². The molecule has 25 heavy (non-hydrogen) atoms. The van der Waals surface area contributed by atoms with E-state index in [9.17, 15) is 23.3 Å². The Kier molecular flexibility index (Phi) is 4.62. The molecular weight excluding hydrogens is 352 g/mol. The van der Waals surface area contributed by atoms with Gasteiger partial charge in [0.15, 0.2) is 0 Å². The SMILES string of the molecule is NS(=O)(=O)c1cc2c(c([N+](=O)[O-])c1)NC(CC(=O)N1CCOCC1)C2. The molecule has 0 saturated carbocycles. The molecular formula is C14H18N4O6S. The van der Waals surface area contributed by atoms with Crippen LogP contribution in [-0.4, -0.2) is 56.5 Å². The van der Waals surface area contributed by atoms with E-state index in [4.69, 9.17) is 9.88 Å². The summed E-state index contributed by atoms with van der Waals surface area (Å²) in [5.74, 6) is -0.0667. The van der Waals surface area contributed by atoms with Gasteiger partial charge in [0.2, 0.25) is 15.9 Å². The zero-order chi connectivity index (χ0) is 18.2. The van der Waals surface area contributed by atoms with Crippen LogP contribution in [-0.2, 0) is 26.0 Å². The first-order chi connectivity index (χ1) is 11.8. The van der Waals surface area contributed by atoms with Gasteiger partial charge < -0.3 is 15.0 Å². The summed E-state index contributed by atoms with van der Waals surface area (Å²) in [6.45, 7) is 2.03. The number of nitrogens with one attached hydrogen (secondary N) is 1. The minimum absolute atomic E-state index is 0.0667. The van der Waals surface area contributed by atoms with E-state index in [0.717, 1.165) is 6.07 Å². The van der Waals surface area contributed by atoms with Crippen LogP contribution in [0.4, 0.5) is 11.4 Å². The number of fused-ring (bicyclic) bond motifs is 1. The van der Waals surface area contributed by atoms with Crippen LogP contribution in [0, 0.1) is 10.1 Å². The number of nitrogens with two attached hydrogens (primary N) is 1. The van der Waals surface area contributed by atoms with E-state index < -0.39 is 14.9 Å². The number of rotatable bonds is 4. The fraction of sp³-hybridized carbons (Fsp3) is 0.500. The molecule has 0 spiro atoms. The normalized spacial score (nSPS) is 20.0. The Morgan fingerprint density at radius 1 is 1.40 bits per heavy atom. The number of sulfonamides is 1. The van der Waals surface area contributed by atoms with Crippen molar-refractivity contribution < 1.29 is 22.9 Å². The molecule has 0 aromatic heterocycles. The first kappa shape index (κ1) is 17.6. The average Bonchev–Trinajstić information content (AvgIpc) is 2.95. The predicted octanol–water partition coefficient (Wildman–Crippen LogP) is -0.172. The Morgan fingerprint density at radius 2 is 2.08 bits per heavy atom. The largest absolute Gasteiger partial charge is 0.378 e. The number of amides is 1. The van der Waals surface area contributed by atoms with Crippen LogP contribution in [0.25, 0.3) is 0 Å². The number of carbonyl (C=O) groups is 1. The predicted molar refractivity (Wildman–Crippen MR) is 87.6 cm³/mol. The lowest BCUT2D eigenvalue weighted by Gasteiger charge is -2.27. The lowest BCUT2D eigenvalue weighted by Crippen LogP contribution is -2.42. The monoisotopic (exact) mass is 370 g/mol. The summed E-state index contributed by atoms with van der Waals surface area (Å²) in [5.41, 5.74) is 0.359. The van der Waals surface area contributed by atoms with Crippen LogP contribution in [0.3, 0.4) is 0 Å². The van der Waals surface area contributed by atoms with E-state index in [1.165, 1.54) is 6.07 Å². The molecule has 1 saturated heterocycles. The van der Waals surface area contributed by atoms with Gasteiger partial charge in [-0.05, 0) is 18.1 Å². The topological polar surface area (TPSA) is 145 Å². The number of nitrogens with zero attached hydrogens (tertiary/aromatic N) is 2. The van der Waals surface area contributed by atoms with Crippen LogP contribution in [0.2, 0.25) is 0 Å². The van der Waals surface area contributed by atoms with E-state index in [-0.39, 0.29) is 34.6 Å². The number of nitro benzene ring substituents is 1. The third-order valence-electron chi connectivity index (χ3n) is 4.30. The highest BCUT2D eigenvalue weighted by Gasteiger charge is 2.32. The summed E-state index contributed by atoms with van der Waals surface area (Å²) in [7, 11) is -4.06. The molecule has 1 unspecified atom stereocenters. The number of nitro groups is 1. The van der Waals surface area contributed by atoms with Crippen molar-refractivity contribution in [3.63, 3.8) is 0 Å². The summed E-state index contributed by atoms with van der Waals surface area (Å²) in [4.78, 5) is 24.3. The fourth-order valence-electron chi connectivity index (χ4n) is 3.09. The molecule has 0 aliphatic carbocycles. The summed E-state index contributed by atoms with van der Waals surface area (Å²) in [5, 5.41) is 19.3. The van der Waals surface area contributed by atoms with Crippen molar-refractivity contribution in [3.8, 4) is 0 Å². The number of hydrogen-bond acceptors (Lipinski definition) is 7. The lowest BCUT2D eigenvalue weighted by atomic mass is 10.1. The van der Waals surface area contributed by atoms with E-state index in [1.54, 1.807) is 4.90 Å². The van der Waals surface area contributed by atoms with Crippen molar-refractivity contribution in [1.29, 1.82) is 0 Å². The first-order valence-corrected chi connectivity index (χ1v) is 9.26. The quantitative estimate of drug-likeness (QED) is 0.553. The van der Waals surface area contributed by atoms with Crippen molar-refractivity contribution in [1.82, 2.24) is 4.90 Å². The molecule has 2 aliphatic rings. The van der Waals surface area contributed by atoms with E-state index in [1.807, 2.05) is 0 Å². The highest BCUT2D eigenvalue weighted by Crippen LogP contribution is 2.37. The number of anilines is 1. The fourth-order valence-corrected chi connectivity index (χ4v) is 3.67. The van der Waals surface area contributed by atoms with Crippen LogP contribution in [0.1, 0.15) is 12.0 Å². The lowest BCUT2D eigenvalue weighted by molar-refractivity contribution is -0.384. The Labute approximate surface area is 144 Å². The van der Waals surface area contributed by atoms with Crippen molar-refractivity contribution in [2.75, 3.05) is 31.6 Å². The van der Waals surface area contributed by atoms with Crippen molar-refractivity contribution >= 4 is 27.3 Å². The van der Waals surface area contributed by atoms with Crippen molar-refractivity contribution in [3.05, 3.63) is 27.8 Å². The molecule has 2 heterocycles. The molecule has 1 fully saturated rings. The maximum atomic E-state index is 12.3. The molecule has 11 heteroatoms. The Morgan fingerprint density at radius 3 is 2.68 bits per heavy atom. The summed E-state index contributed by atoms with van der Waals surface area (Å²) >= 11 is 0. The van der Waals surface area contributed by atoms with Gasteiger partial charge >= 0.3 is 0 Å². The molecule has 3 rings (SSSR count). The summed E-state index contributed by atoms with van der Waals surface area (Å²) in [6, 6.07) is 1.93. The maximum Gasteiger partial charge on any atom is 0.293 e. The molecule has 1 amide bonds. The van der Waals surface area contributed by atoms with Gasteiger partial charge in [0.1, 0.15) is 5.69 Å². The number of primary sulfonamides is 1. The van der Waals surface area contributed by atoms with Crippen molar-refractivity contribution in [2.45, 2.75) is 23.8 Å². The molecule has 3 N–H and O–H groups in total. The molecule has 1 aromatic rings. The Balaban J connectivity index is 1.80. The third kappa shape index (κ3) is 3.72. The van der Waals surface area contributed by atoms with E-state index in [2.05, 4.69) is 5.32 Å². The summed E-state index contributed by atoms with van der Waals surface area (Å²) < 4.78 is 28.3. The third-order valence-corrected chi connectivity index (χ3v) is 5.19. The Bertz CT molecular complexity index is 819. The maximum absolute atomic E-state index is 12.3. The standard InChI is InChI=1S/C14H18N4O6S/c15-25(22,23)11-6-9-5-10(16-14(9)12(8-11)18(20)21)7-13(19)17-1-3-24-4-2-17/h6,8,10,16H,1-5,7H2,(H2,15,22,23). The number of hydrogen-bond donors (Lipinski definition) is 2. The highest BCUT2D eigenvalue weighted by atomic mass is 32.2. The number of ether oxygens (including phenoxy) is 1. The minimum atomic E-state index is -4.06. The van der Waals surface area contributed by atoms with Crippen LogP contribution in [0.5, 0.6) is 0 Å². The van der Waals surface area contributed by atoms with E-state index >= 15 is 0 Å². The first-order valence-electron chi connectivity index (χ1n) is 7.72. The molecule has 136 valence electrons. The van der Waals surface area contributed by atoms with E-state index in [0.29, 0.717) is 38.3 Å². The molecule has 0 bridgehead atoms. The van der Waals surface area contributed by atoms with Gasteiger partial charge in [0.25, 0.3) is 5.69 Å². The molecule has 0 radical (unpaired) electrons. The number of carbonyl (C=O) groups excluding carboxylic acids is 1. The second kappa shape index (κ2) is 6.58. The average molecular weight is 370 g/mol. The second-order valence-corrected chi connectivity index (χ2v) is 7.58. The second-order valence-electron chi connectivity index (χ2n) is 6.02. The van der Waals surface area contributed by atoms with Crippen molar-refractivity contribution in [2.24, 2.45) is 5.14 Å². The Hall–Kier alpha value is -2.24. The molecule has 2 aliphatic heterocycles. The van der Waals surface area contributed by atoms with Gasteiger partial charge in [-0.2, -0.15) is 0 Å². The van der Waals surface area contributed by atoms with Crippen LogP contribution < -0.4 is 10.5 Å². The van der Waals surface area contributed by atoms with Gasteiger partial charge in [-0.1, -0.05) is 0 Å². The van der Waals surface area contributed by atoms with Crippen LogP contribution in [0.15, 0.2) is 17.0 Å². The van der Waals surface area contributed by atoms with Gasteiger partial charge in [0, 0.05) is 31.6 Å². The molecule has 10 nitrogen and oxygen atoms in total. The molecule has 1 atom stereocenters. The zero-order valence-corrected chi connectivity index (χ0v) is 14.1. The number of morpholine rings is 1. The van der Waals surface area contributed by atoms with Gasteiger partial charge in [-0.15, -0.1) is 0 Å². The zero-order valence-electron chi connectivity index (χ0n) is 13.3. The molecule has 1 aromatic carbocycles. The smallest absolute Gasteiger partial charge is 0.293 e. The minimum Gasteiger partial charge on any atom is -0.378 e. The van der Waals surface area contributed by atoms with Gasteiger partial charge in [-0.25, -0.2) is 13.6 Å².